The maximum absolute atomic E-state index is 4.50. The molecule has 0 radical (unpaired) electrons. The predicted molar refractivity (Wildman–Crippen MR) is 89.7 cm³/mol. The standard InChI is InChI=1S/C19H24N2/c1-15-11-12-16(13-15)19-10-6-5-7-17(19)14-20-21-18-8-3-2-4-9-18/h5-7,10-14,16,18,21H,2-4,8-9H2,1H3. The van der Waals surface area contributed by atoms with Crippen LogP contribution in [0.15, 0.2) is 53.2 Å². The number of nitrogens with one attached hydrogen (secondary N) is 1. The summed E-state index contributed by atoms with van der Waals surface area (Å²) >= 11 is 0. The van der Waals surface area contributed by atoms with Gasteiger partial charge in [0.2, 0.25) is 0 Å². The highest BCUT2D eigenvalue weighted by molar-refractivity contribution is 5.82. The Morgan fingerprint density at radius 3 is 2.71 bits per heavy atom. The highest BCUT2D eigenvalue weighted by atomic mass is 15.3. The Labute approximate surface area is 127 Å². The van der Waals surface area contributed by atoms with Gasteiger partial charge in [0.05, 0.1) is 6.21 Å². The van der Waals surface area contributed by atoms with Crippen molar-refractivity contribution in [1.29, 1.82) is 0 Å². The molecule has 1 aromatic carbocycles. The summed E-state index contributed by atoms with van der Waals surface area (Å²) in [5.74, 6) is 0.391. The Hall–Kier alpha value is -1.83. The first-order valence-corrected chi connectivity index (χ1v) is 8.07. The lowest BCUT2D eigenvalue weighted by atomic mass is 9.95. The van der Waals surface area contributed by atoms with Gasteiger partial charge in [-0.05, 0) is 30.9 Å². The first-order chi connectivity index (χ1) is 10.3. The number of nitrogens with zero attached hydrogens (tertiary/aromatic N) is 1. The summed E-state index contributed by atoms with van der Waals surface area (Å²) in [5, 5.41) is 4.50. The highest BCUT2D eigenvalue weighted by Crippen LogP contribution is 2.28. The minimum absolute atomic E-state index is 0.391. The zero-order valence-electron chi connectivity index (χ0n) is 12.8. The quantitative estimate of drug-likeness (QED) is 0.635. The van der Waals surface area contributed by atoms with Gasteiger partial charge < -0.3 is 5.43 Å². The largest absolute Gasteiger partial charge is 0.307 e. The van der Waals surface area contributed by atoms with E-state index < -0.39 is 0 Å². The monoisotopic (exact) mass is 280 g/mol. The minimum atomic E-state index is 0.391. The molecule has 0 saturated heterocycles. The number of rotatable bonds is 4. The number of allylic oxidation sites excluding steroid dienone is 4. The third kappa shape index (κ3) is 3.63. The zero-order chi connectivity index (χ0) is 14.5. The molecular formula is C19H24N2. The molecule has 110 valence electrons. The fraction of sp³-hybridized carbons (Fsp3) is 0.421. The van der Waals surface area contributed by atoms with Crippen LogP contribution in [0.4, 0.5) is 0 Å². The van der Waals surface area contributed by atoms with Crippen LogP contribution in [0, 0.1) is 0 Å². The average molecular weight is 280 g/mol. The third-order valence-corrected chi connectivity index (χ3v) is 4.43. The molecule has 0 bridgehead atoms. The molecule has 1 N–H and O–H groups in total. The summed E-state index contributed by atoms with van der Waals surface area (Å²) in [5.41, 5.74) is 7.22. The van der Waals surface area contributed by atoms with Crippen molar-refractivity contribution in [1.82, 2.24) is 5.43 Å². The van der Waals surface area contributed by atoms with Crippen LogP contribution in [0.3, 0.4) is 0 Å². The summed E-state index contributed by atoms with van der Waals surface area (Å²) < 4.78 is 0. The number of hydrogen-bond acceptors (Lipinski definition) is 2. The van der Waals surface area contributed by atoms with E-state index >= 15 is 0 Å². The van der Waals surface area contributed by atoms with Gasteiger partial charge >= 0.3 is 0 Å². The van der Waals surface area contributed by atoms with Crippen LogP contribution in [-0.4, -0.2) is 12.3 Å². The van der Waals surface area contributed by atoms with Crippen molar-refractivity contribution in [2.24, 2.45) is 5.10 Å². The normalized spacial score (nSPS) is 22.7. The van der Waals surface area contributed by atoms with E-state index in [0.29, 0.717) is 12.0 Å². The van der Waals surface area contributed by atoms with E-state index in [4.69, 9.17) is 0 Å². The molecule has 2 aliphatic rings. The summed E-state index contributed by atoms with van der Waals surface area (Å²) in [7, 11) is 0. The summed E-state index contributed by atoms with van der Waals surface area (Å²) in [4.78, 5) is 0. The van der Waals surface area contributed by atoms with Crippen LogP contribution in [0.25, 0.3) is 0 Å². The van der Waals surface area contributed by atoms with Crippen LogP contribution in [-0.2, 0) is 0 Å². The van der Waals surface area contributed by atoms with E-state index in [2.05, 4.69) is 59.9 Å². The van der Waals surface area contributed by atoms with Gasteiger partial charge in [0.1, 0.15) is 0 Å². The van der Waals surface area contributed by atoms with Gasteiger partial charge in [-0.15, -0.1) is 0 Å². The van der Waals surface area contributed by atoms with Crippen molar-refractivity contribution in [3.05, 3.63) is 59.2 Å². The van der Waals surface area contributed by atoms with Gasteiger partial charge in [-0.3, -0.25) is 0 Å². The molecule has 1 saturated carbocycles. The topological polar surface area (TPSA) is 24.4 Å². The predicted octanol–water partition coefficient (Wildman–Crippen LogP) is 4.54. The van der Waals surface area contributed by atoms with Crippen molar-refractivity contribution >= 4 is 6.21 Å². The lowest BCUT2D eigenvalue weighted by molar-refractivity contribution is 0.381. The Morgan fingerprint density at radius 2 is 1.95 bits per heavy atom. The Bertz CT molecular complexity index is 563. The van der Waals surface area contributed by atoms with Gasteiger partial charge in [0.25, 0.3) is 0 Å². The Morgan fingerprint density at radius 1 is 1.14 bits per heavy atom. The molecule has 0 aromatic heterocycles. The molecule has 21 heavy (non-hydrogen) atoms. The minimum Gasteiger partial charge on any atom is -0.307 e. The smallest absolute Gasteiger partial charge is 0.0543 e. The fourth-order valence-electron chi connectivity index (χ4n) is 3.22. The van der Waals surface area contributed by atoms with E-state index in [1.807, 2.05) is 6.21 Å². The van der Waals surface area contributed by atoms with Gasteiger partial charge in [-0.2, -0.15) is 5.10 Å². The Balaban J connectivity index is 1.69. The SMILES string of the molecule is CC1=CC(c2ccccc2C=NNC2CCCCC2)C=C1. The second-order valence-corrected chi connectivity index (χ2v) is 6.15. The molecule has 3 rings (SSSR count). The maximum Gasteiger partial charge on any atom is 0.0543 e. The van der Waals surface area contributed by atoms with Crippen molar-refractivity contribution < 1.29 is 0 Å². The first kappa shape index (κ1) is 14.1. The molecule has 1 aromatic rings. The molecule has 2 heteroatoms. The van der Waals surface area contributed by atoms with Gasteiger partial charge in [-0.1, -0.05) is 67.3 Å². The lowest BCUT2D eigenvalue weighted by Gasteiger charge is -2.20. The third-order valence-electron chi connectivity index (χ3n) is 4.43. The van der Waals surface area contributed by atoms with Crippen molar-refractivity contribution in [2.45, 2.75) is 51.0 Å². The molecule has 0 heterocycles. The molecule has 1 unspecified atom stereocenters. The molecule has 1 atom stereocenters. The lowest BCUT2D eigenvalue weighted by Crippen LogP contribution is -2.26. The van der Waals surface area contributed by atoms with Crippen LogP contribution in [0.2, 0.25) is 0 Å². The second kappa shape index (κ2) is 6.75. The van der Waals surface area contributed by atoms with E-state index in [0.717, 1.165) is 0 Å². The average Bonchev–Trinajstić information content (AvgIpc) is 2.95. The first-order valence-electron chi connectivity index (χ1n) is 8.07. The van der Waals surface area contributed by atoms with E-state index in [1.54, 1.807) is 0 Å². The van der Waals surface area contributed by atoms with Crippen molar-refractivity contribution in [2.75, 3.05) is 0 Å². The highest BCUT2D eigenvalue weighted by Gasteiger charge is 2.13. The van der Waals surface area contributed by atoms with Gasteiger partial charge in [-0.25, -0.2) is 0 Å². The number of hydrazone groups is 1. The van der Waals surface area contributed by atoms with E-state index in [9.17, 15) is 0 Å². The van der Waals surface area contributed by atoms with Crippen LogP contribution < -0.4 is 5.43 Å². The molecule has 2 nitrogen and oxygen atoms in total. The van der Waals surface area contributed by atoms with Crippen molar-refractivity contribution in [3.63, 3.8) is 0 Å². The second-order valence-electron chi connectivity index (χ2n) is 6.15. The van der Waals surface area contributed by atoms with Gasteiger partial charge in [0.15, 0.2) is 0 Å². The van der Waals surface area contributed by atoms with Crippen molar-refractivity contribution in [3.8, 4) is 0 Å². The van der Waals surface area contributed by atoms with Crippen LogP contribution in [0.1, 0.15) is 56.1 Å². The van der Waals surface area contributed by atoms with Crippen LogP contribution in [0.5, 0.6) is 0 Å². The molecule has 0 aliphatic heterocycles. The molecular weight excluding hydrogens is 256 g/mol. The molecule has 0 amide bonds. The zero-order valence-corrected chi connectivity index (χ0v) is 12.8. The molecule has 1 fully saturated rings. The van der Waals surface area contributed by atoms with E-state index in [1.165, 1.54) is 48.8 Å². The number of hydrogen-bond donors (Lipinski definition) is 1. The summed E-state index contributed by atoms with van der Waals surface area (Å²) in [6, 6.07) is 9.11. The fourth-order valence-corrected chi connectivity index (χ4v) is 3.22. The molecule has 0 spiro atoms. The van der Waals surface area contributed by atoms with Crippen LogP contribution >= 0.6 is 0 Å². The summed E-state index contributed by atoms with van der Waals surface area (Å²) in [6.07, 6.45) is 15.3. The van der Waals surface area contributed by atoms with Gasteiger partial charge in [0, 0.05) is 12.0 Å². The molecule has 2 aliphatic carbocycles. The summed E-state index contributed by atoms with van der Waals surface area (Å²) in [6.45, 7) is 2.15. The van der Waals surface area contributed by atoms with E-state index in [-0.39, 0.29) is 0 Å². The number of benzene rings is 1. The Kier molecular flexibility index (Phi) is 4.54. The maximum atomic E-state index is 4.50.